The summed E-state index contributed by atoms with van der Waals surface area (Å²) in [5.74, 6) is 0.209. The Kier molecular flexibility index (Phi) is 1.27. The number of allylic oxidation sites excluding steroid dienone is 2. The second-order valence-electron chi connectivity index (χ2n) is 2.94. The maximum Gasteiger partial charge on any atom is 0.107 e. The molecular formula is C8H11NO. The number of hydrogen-bond donors (Lipinski definition) is 1. The summed E-state index contributed by atoms with van der Waals surface area (Å²) in [6.07, 6.45) is 5.97. The second-order valence-corrected chi connectivity index (χ2v) is 2.94. The Morgan fingerprint density at radius 1 is 1.50 bits per heavy atom. The highest BCUT2D eigenvalue weighted by molar-refractivity contribution is 5.16. The van der Waals surface area contributed by atoms with Crippen molar-refractivity contribution in [2.75, 3.05) is 13.1 Å². The van der Waals surface area contributed by atoms with Gasteiger partial charge in [0.15, 0.2) is 0 Å². The summed E-state index contributed by atoms with van der Waals surface area (Å²) in [6.45, 7) is 2.14. The lowest BCUT2D eigenvalue weighted by molar-refractivity contribution is -0.845. The van der Waals surface area contributed by atoms with Crippen LogP contribution in [0.25, 0.3) is 0 Å². The van der Waals surface area contributed by atoms with Crippen molar-refractivity contribution in [3.8, 4) is 0 Å². The van der Waals surface area contributed by atoms with E-state index >= 15 is 0 Å². The van der Waals surface area contributed by atoms with Gasteiger partial charge in [-0.2, -0.15) is 0 Å². The van der Waals surface area contributed by atoms with Crippen molar-refractivity contribution in [1.29, 1.82) is 0 Å². The first-order valence-corrected chi connectivity index (χ1v) is 3.79. The van der Waals surface area contributed by atoms with Crippen LogP contribution in [0.2, 0.25) is 0 Å². The SMILES string of the molecule is [O-]C1=CC[NH+]2CCCC2=C1. The zero-order chi connectivity index (χ0) is 6.97. The molecule has 2 aliphatic heterocycles. The Labute approximate surface area is 60.5 Å². The molecule has 1 unspecified atom stereocenters. The van der Waals surface area contributed by atoms with Crippen LogP contribution in [0.5, 0.6) is 0 Å². The van der Waals surface area contributed by atoms with Crippen LogP contribution in [0.3, 0.4) is 0 Å². The molecule has 0 aromatic heterocycles. The molecule has 0 radical (unpaired) electrons. The molecule has 1 N–H and O–H groups in total. The van der Waals surface area contributed by atoms with E-state index in [0.29, 0.717) is 0 Å². The molecule has 1 fully saturated rings. The van der Waals surface area contributed by atoms with Gasteiger partial charge in [-0.05, 0) is 12.2 Å². The number of hydrogen-bond acceptors (Lipinski definition) is 1. The van der Waals surface area contributed by atoms with E-state index in [0.717, 1.165) is 13.0 Å². The molecule has 0 aromatic carbocycles. The topological polar surface area (TPSA) is 27.5 Å². The van der Waals surface area contributed by atoms with Crippen molar-refractivity contribution in [2.45, 2.75) is 12.8 Å². The van der Waals surface area contributed by atoms with Crippen molar-refractivity contribution in [3.05, 3.63) is 23.6 Å². The third-order valence-corrected chi connectivity index (χ3v) is 2.24. The van der Waals surface area contributed by atoms with Gasteiger partial charge in [-0.15, -0.1) is 5.76 Å². The third-order valence-electron chi connectivity index (χ3n) is 2.24. The Morgan fingerprint density at radius 2 is 2.40 bits per heavy atom. The predicted molar refractivity (Wildman–Crippen MR) is 36.1 cm³/mol. The zero-order valence-corrected chi connectivity index (χ0v) is 5.89. The predicted octanol–water partition coefficient (Wildman–Crippen LogP) is -1.19. The highest BCUT2D eigenvalue weighted by Gasteiger charge is 2.22. The molecule has 2 rings (SSSR count). The lowest BCUT2D eigenvalue weighted by Gasteiger charge is -2.19. The first-order chi connectivity index (χ1) is 4.86. The molecule has 54 valence electrons. The summed E-state index contributed by atoms with van der Waals surface area (Å²) in [4.78, 5) is 1.50. The van der Waals surface area contributed by atoms with Gasteiger partial charge >= 0.3 is 0 Å². The fraction of sp³-hybridized carbons (Fsp3) is 0.500. The molecule has 2 nitrogen and oxygen atoms in total. The second kappa shape index (κ2) is 2.13. The van der Waals surface area contributed by atoms with Crippen molar-refractivity contribution in [2.24, 2.45) is 0 Å². The molecule has 0 spiro atoms. The van der Waals surface area contributed by atoms with Crippen LogP contribution in [0.15, 0.2) is 23.6 Å². The highest BCUT2D eigenvalue weighted by Crippen LogP contribution is 2.07. The van der Waals surface area contributed by atoms with Crippen LogP contribution < -0.4 is 10.0 Å². The van der Waals surface area contributed by atoms with E-state index in [4.69, 9.17) is 0 Å². The van der Waals surface area contributed by atoms with Gasteiger partial charge in [0.2, 0.25) is 0 Å². The van der Waals surface area contributed by atoms with E-state index in [9.17, 15) is 5.11 Å². The molecule has 0 aromatic rings. The summed E-state index contributed by atoms with van der Waals surface area (Å²) < 4.78 is 0. The molecule has 0 aliphatic carbocycles. The van der Waals surface area contributed by atoms with Crippen molar-refractivity contribution < 1.29 is 10.0 Å². The van der Waals surface area contributed by atoms with Gasteiger partial charge in [-0.1, -0.05) is 0 Å². The van der Waals surface area contributed by atoms with E-state index in [2.05, 4.69) is 0 Å². The standard InChI is InChI=1S/C8H11NO/c10-8-3-5-9-4-1-2-7(9)6-8/h3,6,10H,1-2,4-5H2. The molecule has 2 heteroatoms. The lowest BCUT2D eigenvalue weighted by Crippen LogP contribution is -3.08. The lowest BCUT2D eigenvalue weighted by atomic mass is 10.2. The normalized spacial score (nSPS) is 31.0. The molecule has 1 saturated heterocycles. The third kappa shape index (κ3) is 0.847. The largest absolute Gasteiger partial charge is 0.872 e. The van der Waals surface area contributed by atoms with Gasteiger partial charge in [-0.25, -0.2) is 0 Å². The summed E-state index contributed by atoms with van der Waals surface area (Å²) in [6, 6.07) is 0. The summed E-state index contributed by atoms with van der Waals surface area (Å²) >= 11 is 0. The summed E-state index contributed by atoms with van der Waals surface area (Å²) in [7, 11) is 0. The molecule has 0 bridgehead atoms. The summed E-state index contributed by atoms with van der Waals surface area (Å²) in [5.41, 5.74) is 1.33. The first kappa shape index (κ1) is 5.98. The van der Waals surface area contributed by atoms with Gasteiger partial charge in [-0.3, -0.25) is 0 Å². The average molecular weight is 137 g/mol. The Balaban J connectivity index is 2.24. The molecular weight excluding hydrogens is 126 g/mol. The molecule has 2 aliphatic rings. The Morgan fingerprint density at radius 3 is 3.30 bits per heavy atom. The van der Waals surface area contributed by atoms with Crippen LogP contribution in [0.1, 0.15) is 12.8 Å². The number of rotatable bonds is 0. The van der Waals surface area contributed by atoms with Crippen LogP contribution in [-0.4, -0.2) is 13.1 Å². The average Bonchev–Trinajstić information content (AvgIpc) is 2.33. The molecule has 2 heterocycles. The van der Waals surface area contributed by atoms with Gasteiger partial charge < -0.3 is 10.0 Å². The monoisotopic (exact) mass is 137 g/mol. The first-order valence-electron chi connectivity index (χ1n) is 3.79. The van der Waals surface area contributed by atoms with Gasteiger partial charge in [0.25, 0.3) is 0 Å². The zero-order valence-electron chi connectivity index (χ0n) is 5.89. The van der Waals surface area contributed by atoms with E-state index < -0.39 is 0 Å². The number of fused-ring (bicyclic) bond motifs is 1. The quantitative estimate of drug-likeness (QED) is 0.446. The van der Waals surface area contributed by atoms with E-state index in [-0.39, 0.29) is 5.76 Å². The van der Waals surface area contributed by atoms with Crippen molar-refractivity contribution >= 4 is 0 Å². The van der Waals surface area contributed by atoms with E-state index in [1.165, 1.54) is 23.6 Å². The van der Waals surface area contributed by atoms with Gasteiger partial charge in [0, 0.05) is 12.8 Å². The van der Waals surface area contributed by atoms with Gasteiger partial charge in [0.05, 0.1) is 13.1 Å². The van der Waals surface area contributed by atoms with Gasteiger partial charge in [0.1, 0.15) is 5.70 Å². The van der Waals surface area contributed by atoms with E-state index in [1.807, 2.05) is 0 Å². The Hall–Kier alpha value is -0.760. The number of nitrogens with one attached hydrogen (secondary N) is 1. The fourth-order valence-electron chi connectivity index (χ4n) is 1.69. The maximum atomic E-state index is 10.9. The van der Waals surface area contributed by atoms with Crippen molar-refractivity contribution in [3.63, 3.8) is 0 Å². The fourth-order valence-corrected chi connectivity index (χ4v) is 1.69. The number of quaternary nitrogens is 1. The highest BCUT2D eigenvalue weighted by atomic mass is 16.3. The van der Waals surface area contributed by atoms with Crippen LogP contribution >= 0.6 is 0 Å². The smallest absolute Gasteiger partial charge is 0.107 e. The minimum Gasteiger partial charge on any atom is -0.872 e. The maximum absolute atomic E-state index is 10.9. The molecule has 0 amide bonds. The molecule has 1 atom stereocenters. The minimum absolute atomic E-state index is 0.209. The summed E-state index contributed by atoms with van der Waals surface area (Å²) in [5, 5.41) is 10.9. The van der Waals surface area contributed by atoms with Crippen LogP contribution in [-0.2, 0) is 0 Å². The minimum atomic E-state index is 0.209. The molecule has 0 saturated carbocycles. The molecule has 10 heavy (non-hydrogen) atoms. The van der Waals surface area contributed by atoms with Crippen molar-refractivity contribution in [1.82, 2.24) is 0 Å². The van der Waals surface area contributed by atoms with Crippen LogP contribution in [0.4, 0.5) is 0 Å². The van der Waals surface area contributed by atoms with E-state index in [1.54, 1.807) is 12.2 Å². The van der Waals surface area contributed by atoms with Crippen LogP contribution in [0, 0.1) is 0 Å². The Bertz CT molecular complexity index is 205.